The number of carbonyl (C=O) groups excluding carboxylic acids is 1. The molecule has 0 aliphatic rings. The van der Waals surface area contributed by atoms with E-state index in [1.165, 1.54) is 0 Å². The van der Waals surface area contributed by atoms with Crippen LogP contribution in [-0.2, 0) is 0 Å². The third-order valence-corrected chi connectivity index (χ3v) is 1.68. The van der Waals surface area contributed by atoms with Gasteiger partial charge < -0.3 is 15.7 Å². The summed E-state index contributed by atoms with van der Waals surface area (Å²) < 4.78 is 0. The van der Waals surface area contributed by atoms with E-state index < -0.39 is 0 Å². The van der Waals surface area contributed by atoms with Crippen molar-refractivity contribution in [3.05, 3.63) is 29.8 Å². The first kappa shape index (κ1) is 9.54. The summed E-state index contributed by atoms with van der Waals surface area (Å²) in [6.45, 7) is -0.350. The maximum atomic E-state index is 11.3. The molecule has 1 aromatic rings. The molecule has 0 spiro atoms. The lowest BCUT2D eigenvalue weighted by molar-refractivity contribution is 0.0911. The van der Waals surface area contributed by atoms with Crippen LogP contribution in [0.15, 0.2) is 24.3 Å². The second kappa shape index (κ2) is 4.47. The Hall–Kier alpha value is -1.55. The number of benzene rings is 1. The Morgan fingerprint density at radius 2 is 2.15 bits per heavy atom. The zero-order valence-corrected chi connectivity index (χ0v) is 7.37. The fourth-order valence-corrected chi connectivity index (χ4v) is 1.07. The number of aliphatic hydroxyl groups is 1. The molecule has 70 valence electrons. The fourth-order valence-electron chi connectivity index (χ4n) is 1.07. The molecule has 0 heterocycles. The van der Waals surface area contributed by atoms with E-state index in [0.717, 1.165) is 5.69 Å². The Kier molecular flexibility index (Phi) is 3.28. The molecule has 0 unspecified atom stereocenters. The molecule has 1 amide bonds. The summed E-state index contributed by atoms with van der Waals surface area (Å²) in [6, 6.07) is 7.10. The van der Waals surface area contributed by atoms with Crippen LogP contribution in [0.3, 0.4) is 0 Å². The summed E-state index contributed by atoms with van der Waals surface area (Å²) >= 11 is 0. The van der Waals surface area contributed by atoms with Gasteiger partial charge in [-0.15, -0.1) is 0 Å². The molecule has 0 aliphatic carbocycles. The molecule has 0 bridgehead atoms. The van der Waals surface area contributed by atoms with E-state index in [0.29, 0.717) is 5.56 Å². The molecular formula is C9H12N2O2. The molecule has 1 rings (SSSR count). The normalized spacial score (nSPS) is 9.38. The highest BCUT2D eigenvalue weighted by Crippen LogP contribution is 2.13. The second-order valence-corrected chi connectivity index (χ2v) is 2.46. The predicted molar refractivity (Wildman–Crippen MR) is 50.5 cm³/mol. The summed E-state index contributed by atoms with van der Waals surface area (Å²) in [7, 11) is 1.74. The number of carbonyl (C=O) groups is 1. The Balaban J connectivity index is 2.92. The summed E-state index contributed by atoms with van der Waals surface area (Å²) in [5.41, 5.74) is 1.27. The van der Waals surface area contributed by atoms with E-state index in [2.05, 4.69) is 10.6 Å². The number of anilines is 1. The highest BCUT2D eigenvalue weighted by molar-refractivity contribution is 5.99. The summed E-state index contributed by atoms with van der Waals surface area (Å²) in [5.74, 6) is -0.285. The van der Waals surface area contributed by atoms with Crippen LogP contribution in [0.1, 0.15) is 10.4 Å². The van der Waals surface area contributed by atoms with Gasteiger partial charge in [0.25, 0.3) is 5.91 Å². The second-order valence-electron chi connectivity index (χ2n) is 2.46. The van der Waals surface area contributed by atoms with Crippen molar-refractivity contribution in [1.29, 1.82) is 0 Å². The van der Waals surface area contributed by atoms with Gasteiger partial charge in [-0.05, 0) is 12.1 Å². The molecule has 0 aromatic heterocycles. The molecule has 13 heavy (non-hydrogen) atoms. The first-order chi connectivity index (χ1) is 6.29. The number of aliphatic hydroxyl groups excluding tert-OH is 1. The molecule has 0 saturated carbocycles. The third kappa shape index (κ3) is 2.19. The van der Waals surface area contributed by atoms with E-state index in [9.17, 15) is 4.79 Å². The number of rotatable bonds is 3. The van der Waals surface area contributed by atoms with Crippen LogP contribution in [0.2, 0.25) is 0 Å². The van der Waals surface area contributed by atoms with Gasteiger partial charge in [-0.25, -0.2) is 0 Å². The molecule has 0 saturated heterocycles. The van der Waals surface area contributed by atoms with Gasteiger partial charge in [0.1, 0.15) is 6.73 Å². The van der Waals surface area contributed by atoms with Crippen LogP contribution < -0.4 is 10.6 Å². The van der Waals surface area contributed by atoms with Crippen molar-refractivity contribution in [3.63, 3.8) is 0 Å². The lowest BCUT2D eigenvalue weighted by atomic mass is 10.1. The quantitative estimate of drug-likeness (QED) is 0.590. The zero-order chi connectivity index (χ0) is 9.68. The Bertz CT molecular complexity index is 299. The largest absolute Gasteiger partial charge is 0.387 e. The van der Waals surface area contributed by atoms with Crippen LogP contribution in [0.5, 0.6) is 0 Å². The van der Waals surface area contributed by atoms with Gasteiger partial charge in [0, 0.05) is 12.7 Å². The van der Waals surface area contributed by atoms with Gasteiger partial charge in [-0.3, -0.25) is 4.79 Å². The molecule has 1 aromatic carbocycles. The van der Waals surface area contributed by atoms with Crippen molar-refractivity contribution in [2.24, 2.45) is 0 Å². The highest BCUT2D eigenvalue weighted by Gasteiger charge is 2.07. The minimum Gasteiger partial charge on any atom is -0.387 e. The average Bonchev–Trinajstić information content (AvgIpc) is 2.18. The molecule has 0 radical (unpaired) electrons. The lowest BCUT2D eigenvalue weighted by Gasteiger charge is -2.07. The Morgan fingerprint density at radius 1 is 1.46 bits per heavy atom. The van der Waals surface area contributed by atoms with Crippen molar-refractivity contribution in [1.82, 2.24) is 5.32 Å². The Morgan fingerprint density at radius 3 is 2.77 bits per heavy atom. The topological polar surface area (TPSA) is 61.4 Å². The molecule has 3 N–H and O–H groups in total. The maximum Gasteiger partial charge on any atom is 0.255 e. The van der Waals surface area contributed by atoms with Crippen molar-refractivity contribution < 1.29 is 9.90 Å². The molecule has 0 atom stereocenters. The van der Waals surface area contributed by atoms with Crippen LogP contribution in [0.4, 0.5) is 5.69 Å². The van der Waals surface area contributed by atoms with Gasteiger partial charge in [-0.1, -0.05) is 12.1 Å². The summed E-state index contributed by atoms with van der Waals surface area (Å²) in [4.78, 5) is 11.3. The molecule has 0 aliphatic heterocycles. The van der Waals surface area contributed by atoms with Crippen LogP contribution in [-0.4, -0.2) is 24.8 Å². The number of hydrogen-bond acceptors (Lipinski definition) is 3. The number of amides is 1. The first-order valence-corrected chi connectivity index (χ1v) is 3.95. The smallest absolute Gasteiger partial charge is 0.255 e. The van der Waals surface area contributed by atoms with Gasteiger partial charge in [0.15, 0.2) is 0 Å². The molecular weight excluding hydrogens is 168 g/mol. The van der Waals surface area contributed by atoms with E-state index in [1.54, 1.807) is 25.2 Å². The Labute approximate surface area is 76.6 Å². The third-order valence-electron chi connectivity index (χ3n) is 1.68. The number of para-hydroxylation sites is 1. The zero-order valence-electron chi connectivity index (χ0n) is 7.37. The van der Waals surface area contributed by atoms with Crippen LogP contribution >= 0.6 is 0 Å². The first-order valence-electron chi connectivity index (χ1n) is 3.95. The number of nitrogens with one attached hydrogen (secondary N) is 2. The van der Waals surface area contributed by atoms with Gasteiger partial charge >= 0.3 is 0 Å². The minimum atomic E-state index is -0.350. The van der Waals surface area contributed by atoms with Crippen molar-refractivity contribution >= 4 is 11.6 Å². The number of hydrogen-bond donors (Lipinski definition) is 3. The standard InChI is InChI=1S/C9H12N2O2/c1-10-8-5-3-2-4-7(8)9(13)11-6-12/h2-5,10,12H,6H2,1H3,(H,11,13). The average molecular weight is 180 g/mol. The summed E-state index contributed by atoms with van der Waals surface area (Å²) in [6.07, 6.45) is 0. The van der Waals surface area contributed by atoms with Crippen molar-refractivity contribution in [2.45, 2.75) is 0 Å². The molecule has 0 fully saturated rings. The van der Waals surface area contributed by atoms with Gasteiger partial charge in [0.05, 0.1) is 5.56 Å². The maximum absolute atomic E-state index is 11.3. The van der Waals surface area contributed by atoms with Crippen LogP contribution in [0, 0.1) is 0 Å². The van der Waals surface area contributed by atoms with Crippen molar-refractivity contribution in [2.75, 3.05) is 19.1 Å². The fraction of sp³-hybridized carbons (Fsp3) is 0.222. The summed E-state index contributed by atoms with van der Waals surface area (Å²) in [5, 5.41) is 13.7. The lowest BCUT2D eigenvalue weighted by Crippen LogP contribution is -2.24. The minimum absolute atomic E-state index is 0.285. The van der Waals surface area contributed by atoms with E-state index in [1.807, 2.05) is 6.07 Å². The van der Waals surface area contributed by atoms with E-state index >= 15 is 0 Å². The van der Waals surface area contributed by atoms with Crippen LogP contribution in [0.25, 0.3) is 0 Å². The van der Waals surface area contributed by atoms with Crippen molar-refractivity contribution in [3.8, 4) is 0 Å². The van der Waals surface area contributed by atoms with E-state index in [4.69, 9.17) is 5.11 Å². The monoisotopic (exact) mass is 180 g/mol. The van der Waals surface area contributed by atoms with Gasteiger partial charge in [-0.2, -0.15) is 0 Å². The highest BCUT2D eigenvalue weighted by atomic mass is 16.3. The van der Waals surface area contributed by atoms with Gasteiger partial charge in [0.2, 0.25) is 0 Å². The molecule has 4 heteroatoms. The molecule has 4 nitrogen and oxygen atoms in total. The predicted octanol–water partition coefficient (Wildman–Crippen LogP) is 0.408. The SMILES string of the molecule is CNc1ccccc1C(=O)NCO. The van der Waals surface area contributed by atoms with E-state index in [-0.39, 0.29) is 12.6 Å².